The Labute approximate surface area is 331 Å². The van der Waals surface area contributed by atoms with Gasteiger partial charge in [0.2, 0.25) is 0 Å². The molecule has 0 unspecified atom stereocenters. The van der Waals surface area contributed by atoms with E-state index in [1.165, 1.54) is 48.3 Å². The minimum absolute atomic E-state index is 0.0862. The Kier molecular flexibility index (Phi) is 8.05. The van der Waals surface area contributed by atoms with Crippen LogP contribution in [0.15, 0.2) is 170 Å². The zero-order chi connectivity index (χ0) is 38.0. The first-order valence-electron chi connectivity index (χ1n) is 19.0. The summed E-state index contributed by atoms with van der Waals surface area (Å²) in [7, 11) is 0. The van der Waals surface area contributed by atoms with Gasteiger partial charge in [0.25, 0.3) is 0 Å². The van der Waals surface area contributed by atoms with Crippen molar-refractivity contribution >= 4 is 21.4 Å². The van der Waals surface area contributed by atoms with E-state index >= 15 is 0 Å². The van der Waals surface area contributed by atoms with Gasteiger partial charge < -0.3 is 5.11 Å². The third-order valence-corrected chi connectivity index (χ3v) is 12.5. The van der Waals surface area contributed by atoms with E-state index in [9.17, 15) is 5.11 Å². The molecule has 0 saturated carbocycles. The molecule has 0 fully saturated rings. The van der Waals surface area contributed by atoms with Gasteiger partial charge in [-0.2, -0.15) is 0 Å². The van der Waals surface area contributed by atoms with E-state index in [-0.39, 0.29) is 11.2 Å². The summed E-state index contributed by atoms with van der Waals surface area (Å²) in [5.74, 6) is 0.204. The second-order valence-corrected chi connectivity index (χ2v) is 16.3. The highest BCUT2D eigenvalue weighted by molar-refractivity contribution is 7.23. The van der Waals surface area contributed by atoms with Gasteiger partial charge >= 0.3 is 0 Å². The first kappa shape index (κ1) is 33.9. The van der Waals surface area contributed by atoms with Crippen molar-refractivity contribution in [3.63, 3.8) is 0 Å². The Balaban J connectivity index is 1.09. The lowest BCUT2D eigenvalue weighted by Crippen LogP contribution is -2.14. The second-order valence-electron chi connectivity index (χ2n) is 15.2. The number of para-hydroxylation sites is 1. The van der Waals surface area contributed by atoms with Gasteiger partial charge in [-0.3, -0.25) is 4.98 Å². The predicted octanol–water partition coefficient (Wildman–Crippen LogP) is 14.0. The lowest BCUT2D eigenvalue weighted by atomic mass is 9.81. The number of phenols is 1. The Morgan fingerprint density at radius 3 is 1.93 bits per heavy atom. The van der Waals surface area contributed by atoms with Gasteiger partial charge in [0.05, 0.1) is 17.1 Å². The zero-order valence-electron chi connectivity index (χ0n) is 31.4. The molecular weight excluding hydrogens is 701 g/mol. The first-order valence-corrected chi connectivity index (χ1v) is 19.9. The first-order chi connectivity index (χ1) is 27.3. The molecule has 1 N–H and O–H groups in total. The Hall–Kier alpha value is -6.62. The number of hydrogen-bond donors (Lipinski definition) is 1. The molecule has 6 aromatic carbocycles. The molecule has 268 valence electrons. The van der Waals surface area contributed by atoms with Gasteiger partial charge in [-0.05, 0) is 106 Å². The molecule has 1 aliphatic carbocycles. The molecule has 4 heteroatoms. The van der Waals surface area contributed by atoms with Gasteiger partial charge in [-0.15, -0.1) is 11.3 Å². The summed E-state index contributed by atoms with van der Waals surface area (Å²) >= 11 is 1.85. The number of thiophene rings is 1. The highest BCUT2D eigenvalue weighted by atomic mass is 32.1. The van der Waals surface area contributed by atoms with Crippen molar-refractivity contribution in [1.82, 2.24) is 9.97 Å². The van der Waals surface area contributed by atoms with Gasteiger partial charge in [-0.1, -0.05) is 129 Å². The summed E-state index contributed by atoms with van der Waals surface area (Å²) in [6.07, 6.45) is 0. The van der Waals surface area contributed by atoms with Crippen molar-refractivity contribution in [3.05, 3.63) is 187 Å². The van der Waals surface area contributed by atoms with Crippen LogP contribution in [0.3, 0.4) is 0 Å². The van der Waals surface area contributed by atoms with Crippen LogP contribution in [0.5, 0.6) is 5.75 Å². The van der Waals surface area contributed by atoms with Gasteiger partial charge in [0.15, 0.2) is 0 Å². The number of pyridine rings is 2. The monoisotopic (exact) mass is 738 g/mol. The Bertz CT molecular complexity index is 2980. The molecule has 0 spiro atoms. The fourth-order valence-electron chi connectivity index (χ4n) is 8.48. The Morgan fingerprint density at radius 1 is 0.464 bits per heavy atom. The van der Waals surface area contributed by atoms with Crippen LogP contribution in [0.4, 0.5) is 0 Å². The lowest BCUT2D eigenvalue weighted by Gasteiger charge is -2.22. The maximum Gasteiger partial charge on any atom is 0.124 e. The van der Waals surface area contributed by atoms with Crippen molar-refractivity contribution in [3.8, 4) is 83.3 Å². The molecule has 3 aromatic heterocycles. The summed E-state index contributed by atoms with van der Waals surface area (Å²) in [4.78, 5) is 11.5. The van der Waals surface area contributed by atoms with Gasteiger partial charge in [0, 0.05) is 48.3 Å². The summed E-state index contributed by atoms with van der Waals surface area (Å²) in [5, 5.41) is 12.1. The van der Waals surface area contributed by atoms with Gasteiger partial charge in [-0.25, -0.2) is 4.98 Å². The third-order valence-electron chi connectivity index (χ3n) is 11.2. The molecule has 9 aromatic rings. The number of benzene rings is 6. The molecule has 0 radical (unpaired) electrons. The highest BCUT2D eigenvalue weighted by Gasteiger charge is 2.35. The maximum absolute atomic E-state index is 10.8. The molecule has 56 heavy (non-hydrogen) atoms. The van der Waals surface area contributed by atoms with Crippen LogP contribution in [0, 0.1) is 6.92 Å². The van der Waals surface area contributed by atoms with Crippen molar-refractivity contribution in [2.45, 2.75) is 26.2 Å². The zero-order valence-corrected chi connectivity index (χ0v) is 32.2. The predicted molar refractivity (Wildman–Crippen MR) is 234 cm³/mol. The minimum atomic E-state index is -0.0862. The van der Waals surface area contributed by atoms with E-state index in [0.29, 0.717) is 5.56 Å². The molecule has 1 aliphatic rings. The summed E-state index contributed by atoms with van der Waals surface area (Å²) in [6.45, 7) is 6.78. The van der Waals surface area contributed by atoms with Crippen LogP contribution < -0.4 is 0 Å². The number of fused-ring (bicyclic) bond motifs is 4. The smallest absolute Gasteiger partial charge is 0.124 e. The number of aromatic nitrogens is 2. The van der Waals surface area contributed by atoms with Crippen molar-refractivity contribution < 1.29 is 5.11 Å². The van der Waals surface area contributed by atoms with Gasteiger partial charge in [0.1, 0.15) is 5.75 Å². The molecule has 10 rings (SSSR count). The number of nitrogens with zero attached hydrogens (tertiary/aromatic N) is 2. The van der Waals surface area contributed by atoms with Crippen LogP contribution in [0.25, 0.3) is 87.7 Å². The SMILES string of the molecule is Cc1cc(-c2sc3ccccc3c2-c2ccc3c(c2)C(C)(C)c2ccccc2-3)cc(-c2cccc(-c3cc(-c4ccccc4)cc(-c4ccccc4O)n3)c2)n1. The normalized spacial score (nSPS) is 12.8. The van der Waals surface area contributed by atoms with Crippen molar-refractivity contribution in [1.29, 1.82) is 0 Å². The minimum Gasteiger partial charge on any atom is -0.507 e. The fourth-order valence-corrected chi connectivity index (χ4v) is 9.70. The van der Waals surface area contributed by atoms with Crippen LogP contribution in [0.2, 0.25) is 0 Å². The molecule has 0 atom stereocenters. The van der Waals surface area contributed by atoms with Crippen molar-refractivity contribution in [2.75, 3.05) is 0 Å². The average Bonchev–Trinajstić information content (AvgIpc) is 3.73. The molecule has 3 nitrogen and oxygen atoms in total. The van der Waals surface area contributed by atoms with Crippen LogP contribution >= 0.6 is 11.3 Å². The average molecular weight is 739 g/mol. The number of aromatic hydroxyl groups is 1. The molecular formula is C52H38N2OS. The second kappa shape index (κ2) is 13.3. The molecule has 0 aliphatic heterocycles. The highest BCUT2D eigenvalue weighted by Crippen LogP contribution is 2.52. The van der Waals surface area contributed by atoms with E-state index in [1.807, 2.05) is 47.7 Å². The maximum atomic E-state index is 10.8. The molecule has 3 heterocycles. The van der Waals surface area contributed by atoms with Crippen LogP contribution in [-0.4, -0.2) is 15.1 Å². The molecule has 0 amide bonds. The summed E-state index contributed by atoms with van der Waals surface area (Å²) in [6, 6.07) is 59.5. The molecule has 0 bridgehead atoms. The molecule has 0 saturated heterocycles. The summed E-state index contributed by atoms with van der Waals surface area (Å²) in [5.41, 5.74) is 17.2. The number of aryl methyl sites for hydroxylation is 1. The van der Waals surface area contributed by atoms with E-state index < -0.39 is 0 Å². The number of phenolic OH excluding ortho intramolecular Hbond substituents is 1. The van der Waals surface area contributed by atoms with E-state index in [1.54, 1.807) is 6.07 Å². The standard InChI is InChI=1S/C52H38N2OS/c1-32-26-38(51-50(42-20-9-12-23-49(42)56-51)36-24-25-40-39-18-7-10-21-43(39)52(2,3)44(40)28-36)31-45(53-32)34-16-13-17-35(27-34)46-29-37(33-14-5-4-6-15-33)30-47(54-46)41-19-8-11-22-48(41)55/h4-31,55H,1-3H3. The fraction of sp³-hybridized carbons (Fsp3) is 0.0769. The van der Waals surface area contributed by atoms with Crippen LogP contribution in [0.1, 0.15) is 30.7 Å². The van der Waals surface area contributed by atoms with E-state index in [4.69, 9.17) is 9.97 Å². The van der Waals surface area contributed by atoms with E-state index in [0.717, 1.165) is 50.6 Å². The third kappa shape index (κ3) is 5.73. The van der Waals surface area contributed by atoms with Crippen LogP contribution in [-0.2, 0) is 5.41 Å². The van der Waals surface area contributed by atoms with E-state index in [2.05, 4.69) is 148 Å². The lowest BCUT2D eigenvalue weighted by molar-refractivity contribution is 0.477. The number of rotatable bonds is 6. The summed E-state index contributed by atoms with van der Waals surface area (Å²) < 4.78 is 1.27. The number of hydrogen-bond acceptors (Lipinski definition) is 4. The van der Waals surface area contributed by atoms with Crippen molar-refractivity contribution in [2.24, 2.45) is 0 Å². The Morgan fingerprint density at radius 2 is 1.11 bits per heavy atom. The topological polar surface area (TPSA) is 46.0 Å². The quantitative estimate of drug-likeness (QED) is 0.185. The largest absolute Gasteiger partial charge is 0.507 e.